The van der Waals surface area contributed by atoms with Gasteiger partial charge < -0.3 is 15.0 Å². The summed E-state index contributed by atoms with van der Waals surface area (Å²) in [4.78, 5) is 19.2. The van der Waals surface area contributed by atoms with Gasteiger partial charge in [-0.15, -0.1) is 11.8 Å². The summed E-state index contributed by atoms with van der Waals surface area (Å²) in [5.41, 5.74) is 1.62. The average molecular weight is 386 g/mol. The van der Waals surface area contributed by atoms with Crippen LogP contribution < -0.4 is 10.1 Å². The van der Waals surface area contributed by atoms with E-state index in [1.54, 1.807) is 25.1 Å². The van der Waals surface area contributed by atoms with Crippen molar-refractivity contribution < 1.29 is 9.53 Å². The second kappa shape index (κ2) is 10.3. The third kappa shape index (κ3) is 6.26. The predicted octanol–water partition coefficient (Wildman–Crippen LogP) is 3.60. The van der Waals surface area contributed by atoms with Gasteiger partial charge in [-0.25, -0.2) is 4.98 Å². The van der Waals surface area contributed by atoms with Gasteiger partial charge in [-0.3, -0.25) is 4.79 Å². The summed E-state index contributed by atoms with van der Waals surface area (Å²) in [5, 5.41) is 3.90. The number of ether oxygens (including phenoxy) is 1. The fraction of sp³-hybridized carbons (Fsp3) is 0.429. The fourth-order valence-electron chi connectivity index (χ4n) is 3.09. The van der Waals surface area contributed by atoms with Crippen LogP contribution in [0.2, 0.25) is 0 Å². The van der Waals surface area contributed by atoms with Crippen LogP contribution in [0.15, 0.2) is 47.6 Å². The van der Waals surface area contributed by atoms with Gasteiger partial charge in [0.05, 0.1) is 17.7 Å². The molecule has 1 amide bonds. The molecule has 2 heterocycles. The quantitative estimate of drug-likeness (QED) is 0.704. The molecule has 0 atom stereocenters. The number of hydrogen-bond acceptors (Lipinski definition) is 5. The molecule has 0 spiro atoms. The Morgan fingerprint density at radius 2 is 1.93 bits per heavy atom. The van der Waals surface area contributed by atoms with Crippen molar-refractivity contribution in [1.29, 1.82) is 0 Å². The lowest BCUT2D eigenvalue weighted by Crippen LogP contribution is -2.31. The van der Waals surface area contributed by atoms with Gasteiger partial charge in [0.1, 0.15) is 5.75 Å². The Hall–Kier alpha value is -2.05. The largest absolute Gasteiger partial charge is 0.497 e. The van der Waals surface area contributed by atoms with Gasteiger partial charge in [-0.1, -0.05) is 18.6 Å². The Bertz CT molecular complexity index is 713. The molecule has 1 aliphatic heterocycles. The number of methoxy groups -OCH3 is 1. The number of piperidine rings is 1. The minimum absolute atomic E-state index is 0.108. The SMILES string of the molecule is COc1ccc(CNC(=O)c2ccc(SCCN3CCCCC3)nc2)cc1. The lowest BCUT2D eigenvalue weighted by atomic mass is 10.1. The first-order valence-electron chi connectivity index (χ1n) is 9.47. The van der Waals surface area contributed by atoms with E-state index in [9.17, 15) is 4.79 Å². The number of thioether (sulfide) groups is 1. The molecular weight excluding hydrogens is 358 g/mol. The minimum Gasteiger partial charge on any atom is -0.497 e. The van der Waals surface area contributed by atoms with Crippen molar-refractivity contribution in [2.75, 3.05) is 32.5 Å². The molecule has 1 aromatic carbocycles. The predicted molar refractivity (Wildman–Crippen MR) is 109 cm³/mol. The average Bonchev–Trinajstić information content (AvgIpc) is 2.73. The lowest BCUT2D eigenvalue weighted by molar-refractivity contribution is 0.0950. The van der Waals surface area contributed by atoms with E-state index in [2.05, 4.69) is 15.2 Å². The van der Waals surface area contributed by atoms with Crippen LogP contribution in [-0.4, -0.2) is 48.3 Å². The number of carbonyl (C=O) groups is 1. The molecular formula is C21H27N3O2S. The number of amides is 1. The van der Waals surface area contributed by atoms with Crippen LogP contribution >= 0.6 is 11.8 Å². The zero-order valence-corrected chi connectivity index (χ0v) is 16.6. The number of carbonyl (C=O) groups excluding carboxylic acids is 1. The Kier molecular flexibility index (Phi) is 7.54. The van der Waals surface area contributed by atoms with Crippen LogP contribution in [0.4, 0.5) is 0 Å². The Balaban J connectivity index is 1.42. The highest BCUT2D eigenvalue weighted by Crippen LogP contribution is 2.17. The highest BCUT2D eigenvalue weighted by Gasteiger charge is 2.10. The summed E-state index contributed by atoms with van der Waals surface area (Å²) in [5.74, 6) is 1.74. The van der Waals surface area contributed by atoms with Crippen LogP contribution in [-0.2, 0) is 6.54 Å². The number of rotatable bonds is 8. The molecule has 1 N–H and O–H groups in total. The van der Waals surface area contributed by atoms with Gasteiger partial charge in [-0.2, -0.15) is 0 Å². The molecule has 0 bridgehead atoms. The Morgan fingerprint density at radius 1 is 1.15 bits per heavy atom. The third-order valence-corrected chi connectivity index (χ3v) is 5.64. The summed E-state index contributed by atoms with van der Waals surface area (Å²) in [6.07, 6.45) is 5.67. The van der Waals surface area contributed by atoms with Gasteiger partial charge in [0, 0.05) is 25.0 Å². The zero-order chi connectivity index (χ0) is 18.9. The van der Waals surface area contributed by atoms with E-state index < -0.39 is 0 Å². The molecule has 5 nitrogen and oxygen atoms in total. The van der Waals surface area contributed by atoms with Gasteiger partial charge >= 0.3 is 0 Å². The van der Waals surface area contributed by atoms with Crippen molar-refractivity contribution in [2.45, 2.75) is 30.8 Å². The second-order valence-electron chi connectivity index (χ2n) is 6.67. The molecule has 0 radical (unpaired) electrons. The smallest absolute Gasteiger partial charge is 0.253 e. The summed E-state index contributed by atoms with van der Waals surface area (Å²) in [7, 11) is 1.64. The number of hydrogen-bond donors (Lipinski definition) is 1. The number of nitrogens with one attached hydrogen (secondary N) is 1. The van der Waals surface area contributed by atoms with E-state index in [0.29, 0.717) is 12.1 Å². The van der Waals surface area contributed by atoms with Crippen LogP contribution in [0, 0.1) is 0 Å². The van der Waals surface area contributed by atoms with Crippen molar-refractivity contribution in [3.05, 3.63) is 53.7 Å². The number of aromatic nitrogens is 1. The summed E-state index contributed by atoms with van der Waals surface area (Å²) in [6.45, 7) is 4.04. The van der Waals surface area contributed by atoms with Gasteiger partial charge in [0.2, 0.25) is 0 Å². The molecule has 2 aromatic rings. The molecule has 0 saturated carbocycles. The maximum Gasteiger partial charge on any atom is 0.253 e. The minimum atomic E-state index is -0.108. The second-order valence-corrected chi connectivity index (χ2v) is 7.78. The van der Waals surface area contributed by atoms with Gasteiger partial charge in [0.15, 0.2) is 0 Å². The van der Waals surface area contributed by atoms with E-state index in [4.69, 9.17) is 4.74 Å². The van der Waals surface area contributed by atoms with E-state index in [0.717, 1.165) is 28.6 Å². The first-order chi connectivity index (χ1) is 13.2. The standard InChI is InChI=1S/C21H27N3O2S/c1-26-19-8-5-17(6-9-19)15-23-21(25)18-7-10-20(22-16-18)27-14-13-24-11-3-2-4-12-24/h5-10,16H,2-4,11-15H2,1H3,(H,23,25). The van der Waals surface area contributed by atoms with E-state index in [-0.39, 0.29) is 5.91 Å². The monoisotopic (exact) mass is 385 g/mol. The maximum absolute atomic E-state index is 12.3. The first kappa shape index (κ1) is 19.7. The van der Waals surface area contributed by atoms with Crippen LogP contribution in [0.5, 0.6) is 5.75 Å². The molecule has 1 aliphatic rings. The van der Waals surface area contributed by atoms with E-state index in [1.165, 1.54) is 32.4 Å². The van der Waals surface area contributed by atoms with Gasteiger partial charge in [-0.05, 0) is 55.8 Å². The van der Waals surface area contributed by atoms with Crippen LogP contribution in [0.25, 0.3) is 0 Å². The van der Waals surface area contributed by atoms with Crippen LogP contribution in [0.1, 0.15) is 35.2 Å². The summed E-state index contributed by atoms with van der Waals surface area (Å²) >= 11 is 1.75. The number of likely N-dealkylation sites (tertiary alicyclic amines) is 1. The number of benzene rings is 1. The molecule has 6 heteroatoms. The third-order valence-electron chi connectivity index (χ3n) is 4.72. The zero-order valence-electron chi connectivity index (χ0n) is 15.8. The molecule has 0 aliphatic carbocycles. The van der Waals surface area contributed by atoms with E-state index in [1.807, 2.05) is 36.4 Å². The normalized spacial score (nSPS) is 14.7. The van der Waals surface area contributed by atoms with Gasteiger partial charge in [0.25, 0.3) is 5.91 Å². The summed E-state index contributed by atoms with van der Waals surface area (Å²) < 4.78 is 5.14. The van der Waals surface area contributed by atoms with Crippen molar-refractivity contribution in [1.82, 2.24) is 15.2 Å². The summed E-state index contributed by atoms with van der Waals surface area (Å²) in [6, 6.07) is 11.4. The molecule has 0 unspecified atom stereocenters. The Labute approximate surface area is 165 Å². The molecule has 27 heavy (non-hydrogen) atoms. The van der Waals surface area contributed by atoms with Crippen molar-refractivity contribution >= 4 is 17.7 Å². The van der Waals surface area contributed by atoms with Crippen LogP contribution in [0.3, 0.4) is 0 Å². The fourth-order valence-corrected chi connectivity index (χ4v) is 3.94. The van der Waals surface area contributed by atoms with Crippen molar-refractivity contribution in [2.24, 2.45) is 0 Å². The highest BCUT2D eigenvalue weighted by atomic mass is 32.2. The van der Waals surface area contributed by atoms with Crippen molar-refractivity contribution in [3.63, 3.8) is 0 Å². The number of pyridine rings is 1. The lowest BCUT2D eigenvalue weighted by Gasteiger charge is -2.25. The molecule has 3 rings (SSSR count). The van der Waals surface area contributed by atoms with E-state index >= 15 is 0 Å². The molecule has 1 aromatic heterocycles. The maximum atomic E-state index is 12.3. The molecule has 1 saturated heterocycles. The Morgan fingerprint density at radius 3 is 2.59 bits per heavy atom. The molecule has 1 fully saturated rings. The molecule has 144 valence electrons. The van der Waals surface area contributed by atoms with Crippen molar-refractivity contribution in [3.8, 4) is 5.75 Å². The number of nitrogens with zero attached hydrogens (tertiary/aromatic N) is 2. The highest BCUT2D eigenvalue weighted by molar-refractivity contribution is 7.99. The topological polar surface area (TPSA) is 54.5 Å². The first-order valence-corrected chi connectivity index (χ1v) is 10.5.